The fourth-order valence-electron chi connectivity index (χ4n) is 1.77. The molecule has 0 radical (unpaired) electrons. The minimum Gasteiger partial charge on any atom is -0.508 e. The van der Waals surface area contributed by atoms with Gasteiger partial charge in [-0.1, -0.05) is 40.2 Å². The lowest BCUT2D eigenvalue weighted by Crippen LogP contribution is -1.85. The molecular formula is C14H13BrO. The number of halogens is 1. The number of phenolic OH excluding ortho intramolecular Hbond substituents is 1. The van der Waals surface area contributed by atoms with Gasteiger partial charge < -0.3 is 5.11 Å². The first-order chi connectivity index (χ1) is 7.58. The molecule has 0 unspecified atom stereocenters. The molecule has 2 aromatic carbocycles. The van der Waals surface area contributed by atoms with Crippen LogP contribution in [0.1, 0.15) is 11.1 Å². The van der Waals surface area contributed by atoms with Crippen LogP contribution < -0.4 is 0 Å². The molecule has 0 aliphatic rings. The highest BCUT2D eigenvalue weighted by Crippen LogP contribution is 2.29. The molecule has 0 amide bonds. The van der Waals surface area contributed by atoms with E-state index in [0.717, 1.165) is 10.0 Å². The molecule has 0 fully saturated rings. The number of phenols is 1. The molecule has 82 valence electrons. The molecule has 1 N–H and O–H groups in total. The van der Waals surface area contributed by atoms with Gasteiger partial charge in [0.2, 0.25) is 0 Å². The molecular weight excluding hydrogens is 264 g/mol. The van der Waals surface area contributed by atoms with Crippen molar-refractivity contribution in [1.82, 2.24) is 0 Å². The highest BCUT2D eigenvalue weighted by molar-refractivity contribution is 9.10. The molecule has 16 heavy (non-hydrogen) atoms. The normalized spacial score (nSPS) is 10.4. The van der Waals surface area contributed by atoms with Gasteiger partial charge in [0.25, 0.3) is 0 Å². The Labute approximate surface area is 104 Å². The number of rotatable bonds is 1. The molecule has 2 aromatic rings. The van der Waals surface area contributed by atoms with Crippen LogP contribution >= 0.6 is 15.9 Å². The van der Waals surface area contributed by atoms with Gasteiger partial charge in [-0.25, -0.2) is 0 Å². The third kappa shape index (κ3) is 2.12. The minimum atomic E-state index is 0.300. The highest BCUT2D eigenvalue weighted by Gasteiger charge is 2.04. The van der Waals surface area contributed by atoms with Crippen molar-refractivity contribution in [3.8, 4) is 16.9 Å². The van der Waals surface area contributed by atoms with Crippen molar-refractivity contribution in [3.05, 3.63) is 52.0 Å². The third-order valence-corrected chi connectivity index (χ3v) is 3.89. The van der Waals surface area contributed by atoms with E-state index in [2.05, 4.69) is 41.9 Å². The first-order valence-electron chi connectivity index (χ1n) is 5.14. The second kappa shape index (κ2) is 4.30. The fourth-order valence-corrected chi connectivity index (χ4v) is 2.00. The minimum absolute atomic E-state index is 0.300. The molecule has 0 saturated heterocycles. The standard InChI is InChI=1S/C14H13BrO/c1-9-7-12(8-10(2)14(9)15)11-3-5-13(16)6-4-11/h3-8,16H,1-2H3. The topological polar surface area (TPSA) is 20.2 Å². The molecule has 2 heteroatoms. The predicted molar refractivity (Wildman–Crippen MR) is 70.7 cm³/mol. The van der Waals surface area contributed by atoms with E-state index >= 15 is 0 Å². The predicted octanol–water partition coefficient (Wildman–Crippen LogP) is 4.44. The lowest BCUT2D eigenvalue weighted by atomic mass is 10.0. The second-order valence-corrected chi connectivity index (χ2v) is 4.76. The Kier molecular flexibility index (Phi) is 3.01. The summed E-state index contributed by atoms with van der Waals surface area (Å²) in [5, 5.41) is 9.25. The van der Waals surface area contributed by atoms with Crippen LogP contribution in [-0.4, -0.2) is 5.11 Å². The van der Waals surface area contributed by atoms with Gasteiger partial charge in [0.05, 0.1) is 0 Å². The average molecular weight is 277 g/mol. The smallest absolute Gasteiger partial charge is 0.115 e. The van der Waals surface area contributed by atoms with Gasteiger partial charge in [0.1, 0.15) is 5.75 Å². The van der Waals surface area contributed by atoms with Crippen molar-refractivity contribution in [1.29, 1.82) is 0 Å². The Morgan fingerprint density at radius 2 is 1.38 bits per heavy atom. The van der Waals surface area contributed by atoms with Crippen LogP contribution in [0.3, 0.4) is 0 Å². The summed E-state index contributed by atoms with van der Waals surface area (Å²) in [5.41, 5.74) is 4.75. The van der Waals surface area contributed by atoms with Crippen molar-refractivity contribution in [2.75, 3.05) is 0 Å². The lowest BCUT2D eigenvalue weighted by molar-refractivity contribution is 0.475. The van der Waals surface area contributed by atoms with Crippen molar-refractivity contribution >= 4 is 15.9 Å². The van der Waals surface area contributed by atoms with Crippen LogP contribution in [0.15, 0.2) is 40.9 Å². The SMILES string of the molecule is Cc1cc(-c2ccc(O)cc2)cc(C)c1Br. The summed E-state index contributed by atoms with van der Waals surface area (Å²) < 4.78 is 1.16. The molecule has 0 atom stereocenters. The summed E-state index contributed by atoms with van der Waals surface area (Å²) in [7, 11) is 0. The third-order valence-electron chi connectivity index (χ3n) is 2.64. The summed E-state index contributed by atoms with van der Waals surface area (Å²) >= 11 is 3.56. The molecule has 2 rings (SSSR count). The number of benzene rings is 2. The Balaban J connectivity index is 2.52. The van der Waals surface area contributed by atoms with Gasteiger partial charge in [0.15, 0.2) is 0 Å². The van der Waals surface area contributed by atoms with Gasteiger partial charge in [0, 0.05) is 4.47 Å². The molecule has 0 bridgehead atoms. The number of hydrogen-bond acceptors (Lipinski definition) is 1. The number of aromatic hydroxyl groups is 1. The average Bonchev–Trinajstić information content (AvgIpc) is 2.26. The highest BCUT2D eigenvalue weighted by atomic mass is 79.9. The van der Waals surface area contributed by atoms with Crippen molar-refractivity contribution in [3.63, 3.8) is 0 Å². The van der Waals surface area contributed by atoms with E-state index in [0.29, 0.717) is 5.75 Å². The Bertz CT molecular complexity index is 492. The van der Waals surface area contributed by atoms with Gasteiger partial charge in [-0.3, -0.25) is 0 Å². The molecule has 1 nitrogen and oxygen atoms in total. The largest absolute Gasteiger partial charge is 0.508 e. The van der Waals surface area contributed by atoms with Gasteiger partial charge >= 0.3 is 0 Å². The van der Waals surface area contributed by atoms with E-state index in [1.54, 1.807) is 12.1 Å². The van der Waals surface area contributed by atoms with E-state index in [1.807, 2.05) is 12.1 Å². The Morgan fingerprint density at radius 3 is 1.88 bits per heavy atom. The van der Waals surface area contributed by atoms with Crippen LogP contribution in [0, 0.1) is 13.8 Å². The van der Waals surface area contributed by atoms with E-state index in [9.17, 15) is 5.11 Å². The van der Waals surface area contributed by atoms with Crippen LogP contribution in [0.4, 0.5) is 0 Å². The van der Waals surface area contributed by atoms with Crippen LogP contribution in [0.25, 0.3) is 11.1 Å². The molecule has 0 spiro atoms. The fraction of sp³-hybridized carbons (Fsp3) is 0.143. The lowest BCUT2D eigenvalue weighted by Gasteiger charge is -2.08. The van der Waals surface area contributed by atoms with E-state index < -0.39 is 0 Å². The number of hydrogen-bond donors (Lipinski definition) is 1. The first-order valence-corrected chi connectivity index (χ1v) is 5.93. The summed E-state index contributed by atoms with van der Waals surface area (Å²) in [6, 6.07) is 11.6. The molecule has 0 saturated carbocycles. The monoisotopic (exact) mass is 276 g/mol. The molecule has 0 aliphatic heterocycles. The van der Waals surface area contributed by atoms with Gasteiger partial charge in [-0.2, -0.15) is 0 Å². The Hall–Kier alpha value is -1.28. The van der Waals surface area contributed by atoms with Crippen LogP contribution in [0.5, 0.6) is 5.75 Å². The first kappa shape index (κ1) is 11.2. The zero-order chi connectivity index (χ0) is 11.7. The maximum absolute atomic E-state index is 9.25. The molecule has 0 aromatic heterocycles. The zero-order valence-corrected chi connectivity index (χ0v) is 10.9. The zero-order valence-electron chi connectivity index (χ0n) is 9.29. The van der Waals surface area contributed by atoms with Crippen LogP contribution in [-0.2, 0) is 0 Å². The van der Waals surface area contributed by atoms with Gasteiger partial charge in [-0.15, -0.1) is 0 Å². The summed E-state index contributed by atoms with van der Waals surface area (Å²) in [6.07, 6.45) is 0. The Morgan fingerprint density at radius 1 is 0.875 bits per heavy atom. The number of aryl methyl sites for hydroxylation is 2. The quantitative estimate of drug-likeness (QED) is 0.817. The second-order valence-electron chi connectivity index (χ2n) is 3.97. The molecule has 0 aliphatic carbocycles. The molecule has 0 heterocycles. The maximum Gasteiger partial charge on any atom is 0.115 e. The van der Waals surface area contributed by atoms with Crippen LogP contribution in [0.2, 0.25) is 0 Å². The van der Waals surface area contributed by atoms with Gasteiger partial charge in [-0.05, 0) is 48.2 Å². The van der Waals surface area contributed by atoms with E-state index in [1.165, 1.54) is 16.7 Å². The summed E-state index contributed by atoms with van der Waals surface area (Å²) in [6.45, 7) is 4.17. The van der Waals surface area contributed by atoms with Crippen molar-refractivity contribution in [2.45, 2.75) is 13.8 Å². The van der Waals surface area contributed by atoms with E-state index in [-0.39, 0.29) is 0 Å². The van der Waals surface area contributed by atoms with Crippen molar-refractivity contribution < 1.29 is 5.11 Å². The summed E-state index contributed by atoms with van der Waals surface area (Å²) in [4.78, 5) is 0. The summed E-state index contributed by atoms with van der Waals surface area (Å²) in [5.74, 6) is 0.300. The maximum atomic E-state index is 9.25. The van der Waals surface area contributed by atoms with E-state index in [4.69, 9.17) is 0 Å². The van der Waals surface area contributed by atoms with Crippen molar-refractivity contribution in [2.24, 2.45) is 0 Å².